The van der Waals surface area contributed by atoms with Gasteiger partial charge >= 0.3 is 0 Å². The molecule has 0 spiro atoms. The maximum atomic E-state index is 6.20. The van der Waals surface area contributed by atoms with Crippen LogP contribution in [-0.2, 0) is 0 Å². The summed E-state index contributed by atoms with van der Waals surface area (Å²) in [7, 11) is 0. The van der Waals surface area contributed by atoms with Gasteiger partial charge in [-0.15, -0.1) is 11.6 Å². The molecule has 0 aliphatic heterocycles. The summed E-state index contributed by atoms with van der Waals surface area (Å²) in [6.07, 6.45) is 15.8. The van der Waals surface area contributed by atoms with Gasteiger partial charge in [0.1, 0.15) is 0 Å². The average Bonchev–Trinajstić information content (AvgIpc) is 2.38. The van der Waals surface area contributed by atoms with Crippen LogP contribution in [0.25, 0.3) is 0 Å². The molecule has 0 saturated heterocycles. The van der Waals surface area contributed by atoms with Gasteiger partial charge in [-0.05, 0) is 56.3 Å². The van der Waals surface area contributed by atoms with E-state index in [4.69, 9.17) is 11.6 Å². The molecular formula is C16H29Cl. The molecule has 0 heterocycles. The molecule has 0 unspecified atom stereocenters. The van der Waals surface area contributed by atoms with Gasteiger partial charge in [-0.1, -0.05) is 39.0 Å². The molecule has 0 aromatic heterocycles. The fourth-order valence-corrected chi connectivity index (χ4v) is 4.24. The fraction of sp³-hybridized carbons (Fsp3) is 1.00. The summed E-state index contributed by atoms with van der Waals surface area (Å²) in [5.74, 6) is 3.14. The lowest BCUT2D eigenvalue weighted by molar-refractivity contribution is 0.163. The zero-order chi connectivity index (χ0) is 12.1. The van der Waals surface area contributed by atoms with E-state index >= 15 is 0 Å². The summed E-state index contributed by atoms with van der Waals surface area (Å²) in [5, 5.41) is 0.493. The van der Waals surface area contributed by atoms with Crippen LogP contribution in [0.2, 0.25) is 0 Å². The largest absolute Gasteiger partial charge is 0.123 e. The first kappa shape index (κ1) is 13.7. The highest BCUT2D eigenvalue weighted by atomic mass is 35.5. The summed E-state index contributed by atoms with van der Waals surface area (Å²) < 4.78 is 0. The molecule has 0 bridgehead atoms. The molecule has 2 saturated carbocycles. The predicted octanol–water partition coefficient (Wildman–Crippen LogP) is 5.78. The van der Waals surface area contributed by atoms with Crippen LogP contribution in [0.3, 0.4) is 0 Å². The third-order valence-corrected chi connectivity index (χ3v) is 5.66. The van der Waals surface area contributed by atoms with Crippen LogP contribution < -0.4 is 0 Å². The molecule has 1 heteroatoms. The molecule has 2 aliphatic carbocycles. The van der Waals surface area contributed by atoms with Gasteiger partial charge in [0.15, 0.2) is 0 Å². The van der Waals surface area contributed by atoms with Crippen LogP contribution in [0.4, 0.5) is 0 Å². The highest BCUT2D eigenvalue weighted by molar-refractivity contribution is 6.20. The van der Waals surface area contributed by atoms with Crippen molar-refractivity contribution in [3.05, 3.63) is 0 Å². The third-order valence-electron chi connectivity index (χ3n) is 5.23. The Kier molecular flexibility index (Phi) is 5.66. The number of halogens is 1. The fourth-order valence-electron chi connectivity index (χ4n) is 3.99. The molecule has 100 valence electrons. The number of alkyl halides is 1. The minimum Gasteiger partial charge on any atom is -0.123 e. The van der Waals surface area contributed by atoms with Crippen molar-refractivity contribution in [3.8, 4) is 0 Å². The number of hydrogen-bond donors (Lipinski definition) is 0. The first-order valence-corrected chi connectivity index (χ1v) is 8.37. The maximum absolute atomic E-state index is 6.20. The monoisotopic (exact) mass is 256 g/mol. The zero-order valence-electron chi connectivity index (χ0n) is 11.5. The Balaban J connectivity index is 1.68. The standard InChI is InChI=1S/C16H29Cl/c1-2-3-4-13-5-7-14(8-6-13)15-9-11-16(17)12-10-15/h13-16H,2-12H2,1H3. The van der Waals surface area contributed by atoms with Crippen LogP contribution in [0.5, 0.6) is 0 Å². The minimum absolute atomic E-state index is 0.493. The Labute approximate surface area is 113 Å². The van der Waals surface area contributed by atoms with E-state index in [0.717, 1.165) is 17.8 Å². The van der Waals surface area contributed by atoms with Gasteiger partial charge in [0.2, 0.25) is 0 Å². The van der Waals surface area contributed by atoms with E-state index in [9.17, 15) is 0 Å². The second kappa shape index (κ2) is 7.02. The normalized spacial score (nSPS) is 39.2. The molecule has 0 aromatic carbocycles. The quantitative estimate of drug-likeness (QED) is 0.559. The van der Waals surface area contributed by atoms with Gasteiger partial charge < -0.3 is 0 Å². The van der Waals surface area contributed by atoms with Gasteiger partial charge in [0, 0.05) is 5.38 Å². The maximum Gasteiger partial charge on any atom is 0.0336 e. The van der Waals surface area contributed by atoms with Crippen molar-refractivity contribution in [2.75, 3.05) is 0 Å². The Morgan fingerprint density at radius 1 is 0.824 bits per heavy atom. The first-order valence-electron chi connectivity index (χ1n) is 7.93. The van der Waals surface area contributed by atoms with Crippen molar-refractivity contribution in [2.24, 2.45) is 17.8 Å². The Morgan fingerprint density at radius 2 is 1.35 bits per heavy atom. The molecule has 0 atom stereocenters. The minimum atomic E-state index is 0.493. The van der Waals surface area contributed by atoms with Gasteiger partial charge in [0.05, 0.1) is 0 Å². The lowest BCUT2D eigenvalue weighted by atomic mass is 9.70. The molecule has 2 aliphatic rings. The van der Waals surface area contributed by atoms with Crippen molar-refractivity contribution >= 4 is 11.6 Å². The van der Waals surface area contributed by atoms with Crippen LogP contribution in [-0.4, -0.2) is 5.38 Å². The van der Waals surface area contributed by atoms with E-state index in [2.05, 4.69) is 6.92 Å². The van der Waals surface area contributed by atoms with Crippen molar-refractivity contribution in [2.45, 2.75) is 82.9 Å². The summed E-state index contributed by atoms with van der Waals surface area (Å²) in [6.45, 7) is 2.32. The van der Waals surface area contributed by atoms with Crippen molar-refractivity contribution in [1.82, 2.24) is 0 Å². The summed E-state index contributed by atoms with van der Waals surface area (Å²) in [4.78, 5) is 0. The van der Waals surface area contributed by atoms with E-state index in [1.807, 2.05) is 0 Å². The number of rotatable bonds is 4. The molecule has 17 heavy (non-hydrogen) atoms. The highest BCUT2D eigenvalue weighted by Crippen LogP contribution is 2.41. The van der Waals surface area contributed by atoms with E-state index in [1.54, 1.807) is 0 Å². The summed E-state index contributed by atoms with van der Waals surface area (Å²) >= 11 is 6.20. The number of hydrogen-bond acceptors (Lipinski definition) is 0. The Bertz CT molecular complexity index is 198. The van der Waals surface area contributed by atoms with Gasteiger partial charge in [-0.25, -0.2) is 0 Å². The van der Waals surface area contributed by atoms with Gasteiger partial charge in [-0.3, -0.25) is 0 Å². The molecule has 2 fully saturated rings. The van der Waals surface area contributed by atoms with Crippen molar-refractivity contribution in [3.63, 3.8) is 0 Å². The topological polar surface area (TPSA) is 0 Å². The van der Waals surface area contributed by atoms with Crippen molar-refractivity contribution in [1.29, 1.82) is 0 Å². The van der Waals surface area contributed by atoms with Crippen LogP contribution in [0.1, 0.15) is 77.6 Å². The van der Waals surface area contributed by atoms with E-state index in [0.29, 0.717) is 5.38 Å². The van der Waals surface area contributed by atoms with Crippen molar-refractivity contribution < 1.29 is 0 Å². The van der Waals surface area contributed by atoms with E-state index < -0.39 is 0 Å². The second-order valence-electron chi connectivity index (χ2n) is 6.44. The summed E-state index contributed by atoms with van der Waals surface area (Å²) in [5.41, 5.74) is 0. The molecule has 0 N–H and O–H groups in total. The molecule has 0 nitrogen and oxygen atoms in total. The van der Waals surface area contributed by atoms with Crippen LogP contribution in [0, 0.1) is 17.8 Å². The second-order valence-corrected chi connectivity index (χ2v) is 7.05. The molecule has 0 aromatic rings. The molecule has 2 rings (SSSR count). The Morgan fingerprint density at radius 3 is 1.88 bits per heavy atom. The van der Waals surface area contributed by atoms with E-state index in [1.165, 1.54) is 70.6 Å². The first-order chi connectivity index (χ1) is 8.29. The van der Waals surface area contributed by atoms with Crippen LogP contribution in [0.15, 0.2) is 0 Å². The lowest BCUT2D eigenvalue weighted by Gasteiger charge is -2.36. The SMILES string of the molecule is CCCCC1CCC(C2CCC(Cl)CC2)CC1. The predicted molar refractivity (Wildman–Crippen MR) is 76.6 cm³/mol. The number of unbranched alkanes of at least 4 members (excludes halogenated alkanes) is 1. The highest BCUT2D eigenvalue weighted by Gasteiger charge is 2.29. The third kappa shape index (κ3) is 4.16. The van der Waals surface area contributed by atoms with Crippen LogP contribution >= 0.6 is 11.6 Å². The van der Waals surface area contributed by atoms with Gasteiger partial charge in [-0.2, -0.15) is 0 Å². The molecular weight excluding hydrogens is 228 g/mol. The summed E-state index contributed by atoms with van der Waals surface area (Å²) in [6, 6.07) is 0. The average molecular weight is 257 g/mol. The molecule has 0 amide bonds. The lowest BCUT2D eigenvalue weighted by Crippen LogP contribution is -2.26. The van der Waals surface area contributed by atoms with E-state index in [-0.39, 0.29) is 0 Å². The Hall–Kier alpha value is 0.290. The van der Waals surface area contributed by atoms with Gasteiger partial charge in [0.25, 0.3) is 0 Å². The smallest absolute Gasteiger partial charge is 0.0336 e. The zero-order valence-corrected chi connectivity index (χ0v) is 12.2. The molecule has 0 radical (unpaired) electrons.